The maximum Gasteiger partial charge on any atom is 0.233 e. The summed E-state index contributed by atoms with van der Waals surface area (Å²) in [7, 11) is 1.83. The Morgan fingerprint density at radius 1 is 1.36 bits per heavy atom. The zero-order valence-electron chi connectivity index (χ0n) is 13.3. The molecule has 0 saturated heterocycles. The van der Waals surface area contributed by atoms with Gasteiger partial charge in [-0.25, -0.2) is 4.98 Å². The van der Waals surface area contributed by atoms with Gasteiger partial charge in [0.1, 0.15) is 5.82 Å². The summed E-state index contributed by atoms with van der Waals surface area (Å²) in [6, 6.07) is 8.12. The van der Waals surface area contributed by atoms with Crippen LogP contribution in [0.2, 0.25) is 0 Å². The number of H-pyrrole nitrogens is 1. The van der Waals surface area contributed by atoms with Crippen molar-refractivity contribution >= 4 is 17.7 Å². The number of carbonyl (C=O) groups excluding carboxylic acids is 1. The van der Waals surface area contributed by atoms with Gasteiger partial charge >= 0.3 is 0 Å². The monoisotopic (exact) mass is 318 g/mol. The Bertz CT molecular complexity index is 626. The van der Waals surface area contributed by atoms with E-state index in [4.69, 9.17) is 0 Å². The average Bonchev–Trinajstić information content (AvgIpc) is 2.95. The Morgan fingerprint density at radius 2 is 2.14 bits per heavy atom. The van der Waals surface area contributed by atoms with E-state index in [-0.39, 0.29) is 5.91 Å². The van der Waals surface area contributed by atoms with Crippen molar-refractivity contribution < 1.29 is 4.79 Å². The van der Waals surface area contributed by atoms with E-state index >= 15 is 0 Å². The van der Waals surface area contributed by atoms with E-state index < -0.39 is 0 Å². The first kappa shape index (κ1) is 16.5. The lowest BCUT2D eigenvalue weighted by atomic mass is 10.1. The molecule has 2 aromatic rings. The SMILES string of the molecule is CCCc1nc(SCC(=O)N(C)Cc2ccccc2C)n[nH]1. The van der Waals surface area contributed by atoms with Gasteiger partial charge in [0.25, 0.3) is 0 Å². The van der Waals surface area contributed by atoms with Crippen LogP contribution in [0, 0.1) is 6.92 Å². The molecule has 118 valence electrons. The molecular formula is C16H22N4OS. The van der Waals surface area contributed by atoms with E-state index in [1.165, 1.54) is 22.9 Å². The predicted molar refractivity (Wildman–Crippen MR) is 88.8 cm³/mol. The third-order valence-electron chi connectivity index (χ3n) is 3.42. The molecule has 0 saturated carbocycles. The molecule has 0 fully saturated rings. The molecule has 0 spiro atoms. The van der Waals surface area contributed by atoms with Gasteiger partial charge in [-0.2, -0.15) is 0 Å². The van der Waals surface area contributed by atoms with Crippen LogP contribution in [0.4, 0.5) is 0 Å². The first-order valence-electron chi connectivity index (χ1n) is 7.42. The number of hydrogen-bond donors (Lipinski definition) is 1. The van der Waals surface area contributed by atoms with Crippen molar-refractivity contribution in [3.8, 4) is 0 Å². The number of aromatic nitrogens is 3. The number of carbonyl (C=O) groups is 1. The van der Waals surface area contributed by atoms with Gasteiger partial charge in [-0.3, -0.25) is 9.89 Å². The molecule has 0 bridgehead atoms. The molecule has 0 radical (unpaired) electrons. The molecule has 1 aromatic carbocycles. The summed E-state index contributed by atoms with van der Waals surface area (Å²) in [5, 5.41) is 7.66. The molecule has 0 atom stereocenters. The predicted octanol–water partition coefficient (Wildman–Crippen LogP) is 2.82. The quantitative estimate of drug-likeness (QED) is 0.797. The minimum Gasteiger partial charge on any atom is -0.341 e. The number of rotatable bonds is 7. The highest BCUT2D eigenvalue weighted by Crippen LogP contribution is 2.15. The van der Waals surface area contributed by atoms with Gasteiger partial charge < -0.3 is 4.90 Å². The second kappa shape index (κ2) is 7.98. The van der Waals surface area contributed by atoms with Crippen molar-refractivity contribution in [2.45, 2.75) is 38.4 Å². The summed E-state index contributed by atoms with van der Waals surface area (Å²) in [6.45, 7) is 4.78. The lowest BCUT2D eigenvalue weighted by Crippen LogP contribution is -2.28. The average molecular weight is 318 g/mol. The molecule has 6 heteroatoms. The molecule has 2 rings (SSSR count). The van der Waals surface area contributed by atoms with Crippen molar-refractivity contribution in [2.75, 3.05) is 12.8 Å². The van der Waals surface area contributed by atoms with Gasteiger partial charge in [-0.05, 0) is 24.5 Å². The Kier molecular flexibility index (Phi) is 6.00. The maximum absolute atomic E-state index is 12.2. The highest BCUT2D eigenvalue weighted by atomic mass is 32.2. The number of aromatic amines is 1. The Hall–Kier alpha value is -1.82. The topological polar surface area (TPSA) is 61.9 Å². The highest BCUT2D eigenvalue weighted by molar-refractivity contribution is 7.99. The molecule has 1 N–H and O–H groups in total. The van der Waals surface area contributed by atoms with E-state index in [0.717, 1.165) is 18.7 Å². The van der Waals surface area contributed by atoms with Crippen LogP contribution in [-0.4, -0.2) is 38.8 Å². The first-order valence-corrected chi connectivity index (χ1v) is 8.41. The van der Waals surface area contributed by atoms with E-state index in [1.807, 2.05) is 19.2 Å². The third-order valence-corrected chi connectivity index (χ3v) is 4.25. The second-order valence-corrected chi connectivity index (χ2v) is 6.22. The van der Waals surface area contributed by atoms with E-state index in [0.29, 0.717) is 17.5 Å². The van der Waals surface area contributed by atoms with Gasteiger partial charge in [0.2, 0.25) is 11.1 Å². The number of aryl methyl sites for hydroxylation is 2. The van der Waals surface area contributed by atoms with Crippen LogP contribution in [0.25, 0.3) is 0 Å². The zero-order chi connectivity index (χ0) is 15.9. The van der Waals surface area contributed by atoms with Crippen LogP contribution in [0.3, 0.4) is 0 Å². The van der Waals surface area contributed by atoms with Crippen molar-refractivity contribution in [1.29, 1.82) is 0 Å². The largest absolute Gasteiger partial charge is 0.341 e. The fourth-order valence-electron chi connectivity index (χ4n) is 2.06. The maximum atomic E-state index is 12.2. The van der Waals surface area contributed by atoms with Crippen molar-refractivity contribution in [3.05, 3.63) is 41.2 Å². The molecular weight excluding hydrogens is 296 g/mol. The lowest BCUT2D eigenvalue weighted by molar-refractivity contribution is -0.127. The summed E-state index contributed by atoms with van der Waals surface area (Å²) >= 11 is 1.37. The highest BCUT2D eigenvalue weighted by Gasteiger charge is 2.12. The molecule has 0 aliphatic carbocycles. The van der Waals surface area contributed by atoms with E-state index in [2.05, 4.69) is 41.2 Å². The van der Waals surface area contributed by atoms with Crippen molar-refractivity contribution in [3.63, 3.8) is 0 Å². The van der Waals surface area contributed by atoms with Crippen LogP contribution < -0.4 is 0 Å². The summed E-state index contributed by atoms with van der Waals surface area (Å²) in [6.07, 6.45) is 1.91. The minimum absolute atomic E-state index is 0.0788. The Labute approximate surface area is 135 Å². The summed E-state index contributed by atoms with van der Waals surface area (Å²) in [5.41, 5.74) is 2.37. The number of hydrogen-bond acceptors (Lipinski definition) is 4. The minimum atomic E-state index is 0.0788. The zero-order valence-corrected chi connectivity index (χ0v) is 14.1. The first-order chi connectivity index (χ1) is 10.6. The van der Waals surface area contributed by atoms with Gasteiger partial charge in [-0.1, -0.05) is 43.0 Å². The fourth-order valence-corrected chi connectivity index (χ4v) is 2.82. The van der Waals surface area contributed by atoms with Crippen LogP contribution in [0.15, 0.2) is 29.4 Å². The lowest BCUT2D eigenvalue weighted by Gasteiger charge is -2.18. The van der Waals surface area contributed by atoms with Crippen LogP contribution in [-0.2, 0) is 17.8 Å². The van der Waals surface area contributed by atoms with Crippen LogP contribution >= 0.6 is 11.8 Å². The molecule has 0 aliphatic heterocycles. The smallest absolute Gasteiger partial charge is 0.233 e. The molecule has 1 amide bonds. The number of thioether (sulfide) groups is 1. The Balaban J connectivity index is 1.84. The van der Waals surface area contributed by atoms with E-state index in [9.17, 15) is 4.79 Å². The number of nitrogens with one attached hydrogen (secondary N) is 1. The summed E-state index contributed by atoms with van der Waals surface area (Å²) in [4.78, 5) is 18.3. The molecule has 0 unspecified atom stereocenters. The molecule has 5 nitrogen and oxygen atoms in total. The van der Waals surface area contributed by atoms with E-state index in [1.54, 1.807) is 4.90 Å². The summed E-state index contributed by atoms with van der Waals surface area (Å²) in [5.74, 6) is 1.31. The number of benzene rings is 1. The second-order valence-electron chi connectivity index (χ2n) is 5.28. The molecule has 1 aromatic heterocycles. The number of nitrogens with zero attached hydrogens (tertiary/aromatic N) is 3. The normalized spacial score (nSPS) is 10.7. The molecule has 1 heterocycles. The van der Waals surface area contributed by atoms with Crippen molar-refractivity contribution in [2.24, 2.45) is 0 Å². The van der Waals surface area contributed by atoms with Gasteiger partial charge in [0, 0.05) is 20.0 Å². The van der Waals surface area contributed by atoms with Crippen LogP contribution in [0.1, 0.15) is 30.3 Å². The standard InChI is InChI=1S/C16H22N4OS/c1-4-7-14-17-16(19-18-14)22-11-15(21)20(3)10-13-9-6-5-8-12(13)2/h5-6,8-9H,4,7,10-11H2,1-3H3,(H,17,18,19). The van der Waals surface area contributed by atoms with Gasteiger partial charge in [0.05, 0.1) is 5.75 Å². The van der Waals surface area contributed by atoms with Crippen LogP contribution in [0.5, 0.6) is 0 Å². The molecule has 22 heavy (non-hydrogen) atoms. The third kappa shape index (κ3) is 4.59. The number of amides is 1. The van der Waals surface area contributed by atoms with Gasteiger partial charge in [-0.15, -0.1) is 5.10 Å². The Morgan fingerprint density at radius 3 is 2.86 bits per heavy atom. The van der Waals surface area contributed by atoms with Crippen molar-refractivity contribution in [1.82, 2.24) is 20.1 Å². The van der Waals surface area contributed by atoms with Gasteiger partial charge in [0.15, 0.2) is 0 Å². The molecule has 0 aliphatic rings. The summed E-state index contributed by atoms with van der Waals surface area (Å²) < 4.78 is 0. The fraction of sp³-hybridized carbons (Fsp3) is 0.438.